The molecule has 1 aromatic rings. The largest absolute Gasteiger partial charge is 0.480 e. The topological polar surface area (TPSA) is 95.9 Å². The van der Waals surface area contributed by atoms with Crippen molar-refractivity contribution in [2.75, 3.05) is 33.1 Å². The summed E-state index contributed by atoms with van der Waals surface area (Å²) in [6.45, 7) is 0.00702. The fraction of sp³-hybridized carbons (Fsp3) is 0.417. The van der Waals surface area contributed by atoms with E-state index in [1.54, 1.807) is 0 Å². The second-order valence-electron chi connectivity index (χ2n) is 4.30. The van der Waals surface area contributed by atoms with E-state index in [-0.39, 0.29) is 11.5 Å². The third kappa shape index (κ3) is 3.92. The molecule has 0 spiro atoms. The van der Waals surface area contributed by atoms with Crippen molar-refractivity contribution in [2.24, 2.45) is 0 Å². The van der Waals surface area contributed by atoms with Gasteiger partial charge >= 0.3 is 5.97 Å². The molecule has 0 fully saturated rings. The number of carbonyl (C=O) groups is 1. The van der Waals surface area contributed by atoms with Crippen molar-refractivity contribution in [3.05, 3.63) is 24.3 Å². The fourth-order valence-electron chi connectivity index (χ4n) is 1.48. The molecule has 0 aliphatic carbocycles. The molecule has 0 aromatic heterocycles. The quantitative estimate of drug-likeness (QED) is 0.759. The van der Waals surface area contributed by atoms with E-state index in [9.17, 15) is 13.2 Å². The van der Waals surface area contributed by atoms with E-state index in [2.05, 4.69) is 5.32 Å². The summed E-state index contributed by atoms with van der Waals surface area (Å²) >= 11 is 0. The molecule has 1 rings (SSSR count). The lowest BCUT2D eigenvalue weighted by molar-refractivity contribution is -0.139. The first-order chi connectivity index (χ1) is 9.28. The Kier molecular flexibility index (Phi) is 5.49. The van der Waals surface area contributed by atoms with Crippen LogP contribution in [0.5, 0.6) is 0 Å². The molecule has 8 heteroatoms. The lowest BCUT2D eigenvalue weighted by atomic mass is 10.2. The van der Waals surface area contributed by atoms with Crippen molar-refractivity contribution in [1.29, 1.82) is 0 Å². The molecular formula is C12H18N2O5S. The van der Waals surface area contributed by atoms with Crippen LogP contribution in [0.3, 0.4) is 0 Å². The minimum Gasteiger partial charge on any atom is -0.480 e. The SMILES string of the molecule is COCC(Nc1ccc(S(=O)(=O)N(C)C)cc1)C(=O)O. The summed E-state index contributed by atoms with van der Waals surface area (Å²) in [5.74, 6) is -1.04. The van der Waals surface area contributed by atoms with E-state index in [4.69, 9.17) is 9.84 Å². The van der Waals surface area contributed by atoms with Crippen LogP contribution in [0.1, 0.15) is 0 Å². The van der Waals surface area contributed by atoms with Crippen LogP contribution in [0.4, 0.5) is 5.69 Å². The lowest BCUT2D eigenvalue weighted by Gasteiger charge is -2.16. The summed E-state index contributed by atoms with van der Waals surface area (Å²) in [6.07, 6.45) is 0. The van der Waals surface area contributed by atoms with Crippen LogP contribution in [0.2, 0.25) is 0 Å². The van der Waals surface area contributed by atoms with Crippen molar-refractivity contribution < 1.29 is 23.1 Å². The van der Waals surface area contributed by atoms with Gasteiger partial charge in [-0.15, -0.1) is 0 Å². The van der Waals surface area contributed by atoms with Crippen molar-refractivity contribution >= 4 is 21.7 Å². The monoisotopic (exact) mass is 302 g/mol. The van der Waals surface area contributed by atoms with E-state index in [1.165, 1.54) is 45.5 Å². The first-order valence-electron chi connectivity index (χ1n) is 5.80. The Bertz CT molecular complexity index is 554. The molecule has 0 saturated carbocycles. The summed E-state index contributed by atoms with van der Waals surface area (Å²) in [7, 11) is 0.813. The molecule has 112 valence electrons. The van der Waals surface area contributed by atoms with Gasteiger partial charge in [-0.1, -0.05) is 0 Å². The van der Waals surface area contributed by atoms with E-state index in [1.807, 2.05) is 0 Å². The molecule has 0 heterocycles. The summed E-state index contributed by atoms with van der Waals surface area (Å²) < 4.78 is 29.6. The second kappa shape index (κ2) is 6.69. The number of hydrogen-bond donors (Lipinski definition) is 2. The highest BCUT2D eigenvalue weighted by atomic mass is 32.2. The van der Waals surface area contributed by atoms with E-state index in [0.29, 0.717) is 5.69 Å². The third-order valence-corrected chi connectivity index (χ3v) is 4.43. The number of ether oxygens (including phenoxy) is 1. The second-order valence-corrected chi connectivity index (χ2v) is 6.45. The molecule has 1 atom stereocenters. The average Bonchev–Trinajstić information content (AvgIpc) is 2.38. The molecule has 0 aliphatic rings. The van der Waals surface area contributed by atoms with Gasteiger partial charge in [0.1, 0.15) is 6.04 Å². The molecule has 0 saturated heterocycles. The number of nitrogens with one attached hydrogen (secondary N) is 1. The number of nitrogens with zero attached hydrogens (tertiary/aromatic N) is 1. The van der Waals surface area contributed by atoms with Gasteiger partial charge in [0.25, 0.3) is 0 Å². The number of methoxy groups -OCH3 is 1. The maximum Gasteiger partial charge on any atom is 0.328 e. The van der Waals surface area contributed by atoms with Crippen LogP contribution < -0.4 is 5.32 Å². The molecule has 2 N–H and O–H groups in total. The molecule has 0 radical (unpaired) electrons. The van der Waals surface area contributed by atoms with Crippen LogP contribution in [0, 0.1) is 0 Å². The van der Waals surface area contributed by atoms with Crippen molar-refractivity contribution in [3.63, 3.8) is 0 Å². The summed E-state index contributed by atoms with van der Waals surface area (Å²) in [4.78, 5) is 11.1. The number of aliphatic carboxylic acids is 1. The standard InChI is InChI=1S/C12H18N2O5S/c1-14(2)20(17,18)10-6-4-9(5-7-10)13-11(8-19-3)12(15)16/h4-7,11,13H,8H2,1-3H3,(H,15,16). The normalized spacial score (nSPS) is 13.2. The number of carboxylic acids is 1. The molecule has 20 heavy (non-hydrogen) atoms. The maximum absolute atomic E-state index is 11.9. The lowest BCUT2D eigenvalue weighted by Crippen LogP contribution is -2.33. The number of sulfonamides is 1. The summed E-state index contributed by atoms with van der Waals surface area (Å²) in [6, 6.07) is 4.98. The highest BCUT2D eigenvalue weighted by Crippen LogP contribution is 2.17. The predicted octanol–water partition coefficient (Wildman–Crippen LogP) is 0.448. The Morgan fingerprint density at radius 3 is 2.30 bits per heavy atom. The van der Waals surface area contributed by atoms with Gasteiger partial charge in [0.15, 0.2) is 0 Å². The van der Waals surface area contributed by atoms with Crippen LogP contribution >= 0.6 is 0 Å². The van der Waals surface area contributed by atoms with Crippen LogP contribution in [0.15, 0.2) is 29.2 Å². The van der Waals surface area contributed by atoms with E-state index >= 15 is 0 Å². The number of carboxylic acid groups (broad SMARTS) is 1. The Hall–Kier alpha value is -1.64. The fourth-order valence-corrected chi connectivity index (χ4v) is 2.38. The van der Waals surface area contributed by atoms with Crippen molar-refractivity contribution in [1.82, 2.24) is 4.31 Å². The number of rotatable bonds is 7. The summed E-state index contributed by atoms with van der Waals surface area (Å²) in [5.41, 5.74) is 0.507. The first-order valence-corrected chi connectivity index (χ1v) is 7.24. The molecule has 0 bridgehead atoms. The zero-order valence-electron chi connectivity index (χ0n) is 11.5. The number of hydrogen-bond acceptors (Lipinski definition) is 5. The number of anilines is 1. The molecule has 0 amide bonds. The third-order valence-electron chi connectivity index (χ3n) is 2.61. The van der Waals surface area contributed by atoms with E-state index < -0.39 is 22.0 Å². The van der Waals surface area contributed by atoms with Gasteiger partial charge in [0, 0.05) is 26.9 Å². The molecule has 0 aliphatic heterocycles. The predicted molar refractivity (Wildman–Crippen MR) is 74.2 cm³/mol. The highest BCUT2D eigenvalue weighted by Gasteiger charge is 2.19. The zero-order valence-corrected chi connectivity index (χ0v) is 12.3. The van der Waals surface area contributed by atoms with Crippen LogP contribution in [0.25, 0.3) is 0 Å². The van der Waals surface area contributed by atoms with Gasteiger partial charge in [-0.25, -0.2) is 17.5 Å². The Balaban J connectivity index is 2.89. The van der Waals surface area contributed by atoms with Crippen LogP contribution in [-0.4, -0.2) is 57.7 Å². The zero-order chi connectivity index (χ0) is 15.3. The Morgan fingerprint density at radius 2 is 1.90 bits per heavy atom. The van der Waals surface area contributed by atoms with Crippen LogP contribution in [-0.2, 0) is 19.6 Å². The summed E-state index contributed by atoms with van der Waals surface area (Å²) in [5, 5.41) is 11.7. The molecule has 1 aromatic carbocycles. The molecule has 1 unspecified atom stereocenters. The van der Waals surface area contributed by atoms with Crippen molar-refractivity contribution in [3.8, 4) is 0 Å². The molecule has 7 nitrogen and oxygen atoms in total. The minimum absolute atomic E-state index is 0.00702. The highest BCUT2D eigenvalue weighted by molar-refractivity contribution is 7.89. The van der Waals surface area contributed by atoms with Crippen molar-refractivity contribution in [2.45, 2.75) is 10.9 Å². The van der Waals surface area contributed by atoms with Gasteiger partial charge in [0.05, 0.1) is 11.5 Å². The van der Waals surface area contributed by atoms with Gasteiger partial charge in [-0.05, 0) is 24.3 Å². The Labute approximate surface area is 118 Å². The van der Waals surface area contributed by atoms with Gasteiger partial charge in [-0.2, -0.15) is 0 Å². The van der Waals surface area contributed by atoms with Gasteiger partial charge in [-0.3, -0.25) is 0 Å². The average molecular weight is 302 g/mol. The number of benzene rings is 1. The minimum atomic E-state index is -3.48. The smallest absolute Gasteiger partial charge is 0.328 e. The first kappa shape index (κ1) is 16.4. The van der Waals surface area contributed by atoms with Gasteiger partial charge < -0.3 is 15.2 Å². The van der Waals surface area contributed by atoms with E-state index in [0.717, 1.165) is 4.31 Å². The van der Waals surface area contributed by atoms with Gasteiger partial charge in [0.2, 0.25) is 10.0 Å². The Morgan fingerprint density at radius 1 is 1.35 bits per heavy atom. The maximum atomic E-state index is 11.9. The molecular weight excluding hydrogens is 284 g/mol.